The summed E-state index contributed by atoms with van der Waals surface area (Å²) >= 11 is 0. The minimum atomic E-state index is -0.763. The zero-order chi connectivity index (χ0) is 17.4. The van der Waals surface area contributed by atoms with Gasteiger partial charge in [-0.05, 0) is 49.4 Å². The number of ether oxygens (including phenoxy) is 1. The quantitative estimate of drug-likeness (QED) is 0.898. The highest BCUT2D eigenvalue weighted by molar-refractivity contribution is 5.98. The van der Waals surface area contributed by atoms with Crippen molar-refractivity contribution in [3.63, 3.8) is 0 Å². The van der Waals surface area contributed by atoms with E-state index >= 15 is 0 Å². The number of aromatic nitrogens is 1. The number of nitrogens with zero attached hydrogens (tertiary/aromatic N) is 1. The summed E-state index contributed by atoms with van der Waals surface area (Å²) in [5, 5.41) is 10.4. The molecular formula is C19H22N2O4. The molecule has 0 bridgehead atoms. The van der Waals surface area contributed by atoms with Gasteiger partial charge in [-0.3, -0.25) is 9.59 Å². The molecule has 2 saturated heterocycles. The molecule has 6 heteroatoms. The molecule has 1 aromatic carbocycles. The summed E-state index contributed by atoms with van der Waals surface area (Å²) in [6.45, 7) is 1.83. The maximum Gasteiger partial charge on any atom is 0.309 e. The van der Waals surface area contributed by atoms with E-state index in [2.05, 4.69) is 4.98 Å². The van der Waals surface area contributed by atoms with Crippen molar-refractivity contribution in [3.05, 3.63) is 36.0 Å². The number of nitrogens with one attached hydrogen (secondary N) is 1. The first-order valence-electron chi connectivity index (χ1n) is 8.84. The third-order valence-electron chi connectivity index (χ3n) is 5.54. The number of benzene rings is 1. The van der Waals surface area contributed by atoms with Crippen LogP contribution in [0.15, 0.2) is 30.5 Å². The number of rotatable bonds is 3. The van der Waals surface area contributed by atoms with Gasteiger partial charge < -0.3 is 19.7 Å². The summed E-state index contributed by atoms with van der Waals surface area (Å²) in [4.78, 5) is 29.1. The van der Waals surface area contributed by atoms with E-state index in [1.54, 1.807) is 0 Å². The highest BCUT2D eigenvalue weighted by atomic mass is 16.5. The zero-order valence-electron chi connectivity index (χ0n) is 14.0. The summed E-state index contributed by atoms with van der Waals surface area (Å²) in [5.74, 6) is -0.896. The number of carbonyl (C=O) groups excluding carboxylic acids is 1. The van der Waals surface area contributed by atoms with E-state index in [9.17, 15) is 14.7 Å². The number of likely N-dealkylation sites (tertiary alicyclic amines) is 1. The molecule has 3 heterocycles. The van der Waals surface area contributed by atoms with Crippen molar-refractivity contribution in [2.75, 3.05) is 19.7 Å². The van der Waals surface area contributed by atoms with Gasteiger partial charge in [0.2, 0.25) is 0 Å². The van der Waals surface area contributed by atoms with Gasteiger partial charge in [-0.2, -0.15) is 0 Å². The van der Waals surface area contributed by atoms with Crippen molar-refractivity contribution < 1.29 is 19.4 Å². The van der Waals surface area contributed by atoms with Gasteiger partial charge in [0.1, 0.15) is 0 Å². The molecule has 132 valence electrons. The third-order valence-corrected chi connectivity index (χ3v) is 5.54. The molecule has 1 aromatic heterocycles. The lowest BCUT2D eigenvalue weighted by molar-refractivity contribution is -0.145. The van der Waals surface area contributed by atoms with Crippen molar-refractivity contribution in [1.82, 2.24) is 9.88 Å². The fourth-order valence-corrected chi connectivity index (χ4v) is 4.14. The molecule has 0 saturated carbocycles. The van der Waals surface area contributed by atoms with Crippen LogP contribution in [0.25, 0.3) is 10.9 Å². The molecule has 6 nitrogen and oxygen atoms in total. The minimum Gasteiger partial charge on any atom is -0.481 e. The van der Waals surface area contributed by atoms with Crippen LogP contribution in [0.2, 0.25) is 0 Å². The molecule has 2 aliphatic heterocycles. The Morgan fingerprint density at radius 2 is 1.96 bits per heavy atom. The average molecular weight is 342 g/mol. The number of hydrogen-bond donors (Lipinski definition) is 2. The number of carbonyl (C=O) groups is 2. The Labute approximate surface area is 145 Å². The van der Waals surface area contributed by atoms with Crippen LogP contribution in [0.1, 0.15) is 29.6 Å². The van der Waals surface area contributed by atoms with Gasteiger partial charge in [-0.25, -0.2) is 0 Å². The Balaban J connectivity index is 1.41. The highest BCUT2D eigenvalue weighted by Crippen LogP contribution is 2.33. The molecule has 2 N–H and O–H groups in total. The largest absolute Gasteiger partial charge is 0.481 e. The zero-order valence-corrected chi connectivity index (χ0v) is 14.0. The Kier molecular flexibility index (Phi) is 4.21. The molecule has 4 rings (SSSR count). The molecule has 0 spiro atoms. The van der Waals surface area contributed by atoms with E-state index < -0.39 is 11.9 Å². The summed E-state index contributed by atoms with van der Waals surface area (Å²) in [6, 6.07) is 7.66. The van der Waals surface area contributed by atoms with Gasteiger partial charge in [0, 0.05) is 42.4 Å². The van der Waals surface area contributed by atoms with Gasteiger partial charge in [0.15, 0.2) is 0 Å². The van der Waals surface area contributed by atoms with Crippen LogP contribution in [-0.4, -0.2) is 52.7 Å². The SMILES string of the molecule is O=C(O)[C@H]1CCO[C@H]1C1CCN(C(=O)c2ccc3[nH]ccc3c2)CC1. The maximum atomic E-state index is 12.8. The second kappa shape index (κ2) is 6.52. The van der Waals surface area contributed by atoms with Crippen LogP contribution in [0.4, 0.5) is 0 Å². The van der Waals surface area contributed by atoms with Crippen molar-refractivity contribution in [3.8, 4) is 0 Å². The van der Waals surface area contributed by atoms with Crippen molar-refractivity contribution in [1.29, 1.82) is 0 Å². The molecule has 1 amide bonds. The van der Waals surface area contributed by atoms with E-state index in [-0.39, 0.29) is 17.9 Å². The van der Waals surface area contributed by atoms with Crippen LogP contribution in [0.5, 0.6) is 0 Å². The first-order valence-corrected chi connectivity index (χ1v) is 8.84. The van der Waals surface area contributed by atoms with Gasteiger partial charge >= 0.3 is 5.97 Å². The molecule has 0 radical (unpaired) electrons. The summed E-state index contributed by atoms with van der Waals surface area (Å²) in [5.41, 5.74) is 1.72. The second-order valence-corrected chi connectivity index (χ2v) is 6.98. The lowest BCUT2D eigenvalue weighted by Crippen LogP contribution is -2.43. The van der Waals surface area contributed by atoms with Crippen LogP contribution in [0, 0.1) is 11.8 Å². The Morgan fingerprint density at radius 3 is 2.72 bits per heavy atom. The number of aliphatic carboxylic acids is 1. The van der Waals surface area contributed by atoms with Gasteiger partial charge in [-0.1, -0.05) is 0 Å². The van der Waals surface area contributed by atoms with Crippen molar-refractivity contribution >= 4 is 22.8 Å². The fraction of sp³-hybridized carbons (Fsp3) is 0.474. The van der Waals surface area contributed by atoms with E-state index in [4.69, 9.17) is 4.74 Å². The van der Waals surface area contributed by atoms with E-state index in [0.29, 0.717) is 31.7 Å². The van der Waals surface area contributed by atoms with Gasteiger partial charge in [0.25, 0.3) is 5.91 Å². The molecule has 25 heavy (non-hydrogen) atoms. The van der Waals surface area contributed by atoms with Crippen LogP contribution < -0.4 is 0 Å². The number of fused-ring (bicyclic) bond motifs is 1. The van der Waals surface area contributed by atoms with E-state index in [0.717, 1.165) is 23.7 Å². The standard InChI is InChI=1S/C19H22N2O4/c22-18(14-1-2-16-13(11-14)3-7-20-16)21-8-4-12(5-9-21)17-15(19(23)24)6-10-25-17/h1-3,7,11-12,15,17,20H,4-6,8-10H2,(H,23,24)/t15-,17-/m0/s1. The normalized spacial score (nSPS) is 24.7. The maximum absolute atomic E-state index is 12.8. The Bertz CT molecular complexity index is 792. The van der Waals surface area contributed by atoms with E-state index in [1.807, 2.05) is 35.4 Å². The molecule has 2 aliphatic rings. The van der Waals surface area contributed by atoms with Crippen LogP contribution >= 0.6 is 0 Å². The number of piperidine rings is 1. The number of aromatic amines is 1. The predicted molar refractivity (Wildman–Crippen MR) is 92.4 cm³/mol. The lowest BCUT2D eigenvalue weighted by atomic mass is 9.84. The Hall–Kier alpha value is -2.34. The highest BCUT2D eigenvalue weighted by Gasteiger charge is 2.40. The van der Waals surface area contributed by atoms with Gasteiger partial charge in [-0.15, -0.1) is 0 Å². The molecular weight excluding hydrogens is 320 g/mol. The summed E-state index contributed by atoms with van der Waals surface area (Å²) in [7, 11) is 0. The number of carboxylic acids is 1. The monoisotopic (exact) mass is 342 g/mol. The second-order valence-electron chi connectivity index (χ2n) is 6.98. The summed E-state index contributed by atoms with van der Waals surface area (Å²) in [6.07, 6.45) is 3.85. The number of hydrogen-bond acceptors (Lipinski definition) is 3. The lowest BCUT2D eigenvalue weighted by Gasteiger charge is -2.35. The predicted octanol–water partition coefficient (Wildman–Crippen LogP) is 2.51. The number of H-pyrrole nitrogens is 1. The molecule has 2 aromatic rings. The Morgan fingerprint density at radius 1 is 1.16 bits per heavy atom. The minimum absolute atomic E-state index is 0.0451. The molecule has 0 unspecified atom stereocenters. The number of carboxylic acid groups (broad SMARTS) is 1. The smallest absolute Gasteiger partial charge is 0.309 e. The molecule has 2 fully saturated rings. The van der Waals surface area contributed by atoms with Crippen molar-refractivity contribution in [2.45, 2.75) is 25.4 Å². The topological polar surface area (TPSA) is 82.6 Å². The fourth-order valence-electron chi connectivity index (χ4n) is 4.14. The average Bonchev–Trinajstić information content (AvgIpc) is 3.29. The molecule has 0 aliphatic carbocycles. The van der Waals surface area contributed by atoms with E-state index in [1.165, 1.54) is 0 Å². The first-order chi connectivity index (χ1) is 12.1. The van der Waals surface area contributed by atoms with Gasteiger partial charge in [0.05, 0.1) is 12.0 Å². The molecule has 2 atom stereocenters. The van der Waals surface area contributed by atoms with Crippen molar-refractivity contribution in [2.24, 2.45) is 11.8 Å². The van der Waals surface area contributed by atoms with Crippen LogP contribution in [0.3, 0.4) is 0 Å². The third kappa shape index (κ3) is 3.02. The van der Waals surface area contributed by atoms with Crippen LogP contribution in [-0.2, 0) is 9.53 Å². The summed E-state index contributed by atoms with van der Waals surface area (Å²) < 4.78 is 5.70. The number of amides is 1. The first kappa shape index (κ1) is 16.1.